The van der Waals surface area contributed by atoms with Crippen molar-refractivity contribution in [2.45, 2.75) is 5.75 Å². The summed E-state index contributed by atoms with van der Waals surface area (Å²) in [5, 5.41) is 0. The van der Waals surface area contributed by atoms with Gasteiger partial charge in [0.15, 0.2) is 23.3 Å². The summed E-state index contributed by atoms with van der Waals surface area (Å²) in [5.74, 6) is -9.45. The molecule has 1 rings (SSSR count). The first-order chi connectivity index (χ1) is 7.50. The van der Waals surface area contributed by atoms with Crippen molar-refractivity contribution >= 4 is 11.8 Å². The van der Waals surface area contributed by atoms with Crippen LogP contribution in [0.1, 0.15) is 5.56 Å². The molecule has 0 aliphatic rings. The van der Waals surface area contributed by atoms with Gasteiger partial charge in [0, 0.05) is 23.6 Å². The third-order valence-corrected chi connectivity index (χ3v) is 2.83. The van der Waals surface area contributed by atoms with Crippen molar-refractivity contribution in [2.24, 2.45) is 5.73 Å². The molecule has 0 amide bonds. The van der Waals surface area contributed by atoms with Crippen LogP contribution < -0.4 is 5.73 Å². The molecule has 1 aromatic rings. The highest BCUT2D eigenvalue weighted by atomic mass is 32.2. The normalized spacial score (nSPS) is 10.9. The van der Waals surface area contributed by atoms with Crippen LogP contribution in [0.25, 0.3) is 0 Å². The van der Waals surface area contributed by atoms with E-state index in [-0.39, 0.29) is 12.3 Å². The summed E-state index contributed by atoms with van der Waals surface area (Å²) < 4.78 is 64.2. The van der Waals surface area contributed by atoms with Gasteiger partial charge in [0.2, 0.25) is 5.82 Å². The molecular formula is C9H8F5NS. The molecule has 1 aromatic carbocycles. The number of benzene rings is 1. The summed E-state index contributed by atoms with van der Waals surface area (Å²) in [6.07, 6.45) is 0. The molecular weight excluding hydrogens is 249 g/mol. The van der Waals surface area contributed by atoms with Gasteiger partial charge in [-0.15, -0.1) is 0 Å². The molecule has 2 N–H and O–H groups in total. The predicted octanol–water partition coefficient (Wildman–Crippen LogP) is 2.57. The van der Waals surface area contributed by atoms with Crippen LogP contribution >= 0.6 is 11.8 Å². The number of halogens is 5. The lowest BCUT2D eigenvalue weighted by Crippen LogP contribution is -2.07. The van der Waals surface area contributed by atoms with E-state index in [2.05, 4.69) is 0 Å². The van der Waals surface area contributed by atoms with Crippen molar-refractivity contribution in [3.63, 3.8) is 0 Å². The lowest BCUT2D eigenvalue weighted by molar-refractivity contribution is 0.372. The number of hydrogen-bond donors (Lipinski definition) is 1. The maximum absolute atomic E-state index is 13.1. The van der Waals surface area contributed by atoms with E-state index in [0.29, 0.717) is 5.75 Å². The van der Waals surface area contributed by atoms with Crippen LogP contribution in [0.3, 0.4) is 0 Å². The summed E-state index contributed by atoms with van der Waals surface area (Å²) >= 11 is 0.997. The van der Waals surface area contributed by atoms with Crippen molar-refractivity contribution in [1.82, 2.24) is 0 Å². The molecule has 7 heteroatoms. The van der Waals surface area contributed by atoms with E-state index in [9.17, 15) is 22.0 Å². The minimum absolute atomic E-state index is 0.264. The van der Waals surface area contributed by atoms with Gasteiger partial charge in [-0.2, -0.15) is 11.8 Å². The zero-order valence-corrected chi connectivity index (χ0v) is 8.81. The van der Waals surface area contributed by atoms with E-state index in [1.54, 1.807) is 0 Å². The fourth-order valence-corrected chi connectivity index (χ4v) is 1.80. The average molecular weight is 257 g/mol. The highest BCUT2D eigenvalue weighted by molar-refractivity contribution is 7.98. The Morgan fingerprint density at radius 2 is 1.25 bits per heavy atom. The van der Waals surface area contributed by atoms with Crippen molar-refractivity contribution < 1.29 is 22.0 Å². The van der Waals surface area contributed by atoms with E-state index in [4.69, 9.17) is 5.73 Å². The smallest absolute Gasteiger partial charge is 0.200 e. The third-order valence-electron chi connectivity index (χ3n) is 1.81. The monoisotopic (exact) mass is 257 g/mol. The Balaban J connectivity index is 3.08. The summed E-state index contributed by atoms with van der Waals surface area (Å²) in [6, 6.07) is 0. The van der Waals surface area contributed by atoms with Crippen molar-refractivity contribution in [1.29, 1.82) is 0 Å². The van der Waals surface area contributed by atoms with Gasteiger partial charge in [0.1, 0.15) is 0 Å². The lowest BCUT2D eigenvalue weighted by atomic mass is 10.2. The molecule has 0 fully saturated rings. The van der Waals surface area contributed by atoms with E-state index in [1.807, 2.05) is 0 Å². The van der Waals surface area contributed by atoms with E-state index in [0.717, 1.165) is 11.8 Å². The van der Waals surface area contributed by atoms with Gasteiger partial charge in [-0.3, -0.25) is 0 Å². The number of rotatable bonds is 4. The summed E-state index contributed by atoms with van der Waals surface area (Å²) in [6.45, 7) is 0.264. The highest BCUT2D eigenvalue weighted by Gasteiger charge is 2.25. The van der Waals surface area contributed by atoms with E-state index < -0.39 is 34.6 Å². The Morgan fingerprint density at radius 1 is 0.812 bits per heavy atom. The van der Waals surface area contributed by atoms with Gasteiger partial charge in [-0.25, -0.2) is 22.0 Å². The second-order valence-electron chi connectivity index (χ2n) is 2.89. The van der Waals surface area contributed by atoms with Crippen LogP contribution in [0.15, 0.2) is 0 Å². The second kappa shape index (κ2) is 5.49. The number of thioether (sulfide) groups is 1. The molecule has 0 bridgehead atoms. The van der Waals surface area contributed by atoms with Crippen molar-refractivity contribution in [3.05, 3.63) is 34.6 Å². The molecule has 0 radical (unpaired) electrons. The van der Waals surface area contributed by atoms with Crippen LogP contribution in [-0.4, -0.2) is 12.3 Å². The molecule has 0 atom stereocenters. The van der Waals surface area contributed by atoms with Gasteiger partial charge < -0.3 is 5.73 Å². The highest BCUT2D eigenvalue weighted by Crippen LogP contribution is 2.25. The Hall–Kier alpha value is -0.820. The minimum Gasteiger partial charge on any atom is -0.330 e. The zero-order valence-electron chi connectivity index (χ0n) is 8.00. The molecule has 90 valence electrons. The quantitative estimate of drug-likeness (QED) is 0.388. The van der Waals surface area contributed by atoms with Crippen LogP contribution in [0, 0.1) is 29.1 Å². The fraction of sp³-hybridized carbons (Fsp3) is 0.333. The Labute approximate surface area is 92.8 Å². The topological polar surface area (TPSA) is 26.0 Å². The zero-order chi connectivity index (χ0) is 12.3. The molecule has 0 saturated heterocycles. The third kappa shape index (κ3) is 2.46. The number of hydrogen-bond acceptors (Lipinski definition) is 2. The van der Waals surface area contributed by atoms with Gasteiger partial charge >= 0.3 is 0 Å². The predicted molar refractivity (Wildman–Crippen MR) is 51.4 cm³/mol. The molecule has 0 spiro atoms. The fourth-order valence-electron chi connectivity index (χ4n) is 1.03. The average Bonchev–Trinajstić information content (AvgIpc) is 2.28. The second-order valence-corrected chi connectivity index (χ2v) is 3.99. The van der Waals surface area contributed by atoms with Gasteiger partial charge in [0.25, 0.3) is 0 Å². The SMILES string of the molecule is NCCSCc1c(F)c(F)c(F)c(F)c1F. The van der Waals surface area contributed by atoms with Crippen LogP contribution in [0.2, 0.25) is 0 Å². The first-order valence-electron chi connectivity index (χ1n) is 4.28. The van der Waals surface area contributed by atoms with Crippen molar-refractivity contribution in [2.75, 3.05) is 12.3 Å². The van der Waals surface area contributed by atoms with Crippen LogP contribution in [0.5, 0.6) is 0 Å². The summed E-state index contributed by atoms with van der Waals surface area (Å²) in [7, 11) is 0. The van der Waals surface area contributed by atoms with E-state index in [1.165, 1.54) is 0 Å². The largest absolute Gasteiger partial charge is 0.330 e. The Morgan fingerprint density at radius 3 is 1.69 bits per heavy atom. The summed E-state index contributed by atoms with van der Waals surface area (Å²) in [5.41, 5.74) is 4.33. The van der Waals surface area contributed by atoms with Crippen molar-refractivity contribution in [3.8, 4) is 0 Å². The van der Waals surface area contributed by atoms with Gasteiger partial charge in [0.05, 0.1) is 0 Å². The first-order valence-corrected chi connectivity index (χ1v) is 5.44. The standard InChI is InChI=1S/C9H8F5NS/c10-5-4(3-16-2-1-15)6(11)8(13)9(14)7(5)12/h1-3,15H2. The maximum atomic E-state index is 13.1. The Bertz CT molecular complexity index is 367. The number of nitrogens with two attached hydrogens (primary N) is 1. The molecule has 16 heavy (non-hydrogen) atoms. The molecule has 0 aliphatic carbocycles. The molecule has 0 unspecified atom stereocenters. The molecule has 1 nitrogen and oxygen atoms in total. The summed E-state index contributed by atoms with van der Waals surface area (Å²) in [4.78, 5) is 0. The Kier molecular flexibility index (Phi) is 4.55. The lowest BCUT2D eigenvalue weighted by Gasteiger charge is -2.07. The molecule has 0 aliphatic heterocycles. The molecule has 0 saturated carbocycles. The minimum atomic E-state index is -2.14. The molecule has 0 aromatic heterocycles. The van der Waals surface area contributed by atoms with Crippen LogP contribution in [0.4, 0.5) is 22.0 Å². The first kappa shape index (κ1) is 13.2. The van der Waals surface area contributed by atoms with E-state index >= 15 is 0 Å². The van der Waals surface area contributed by atoms with Gasteiger partial charge in [-0.05, 0) is 0 Å². The molecule has 0 heterocycles. The van der Waals surface area contributed by atoms with Crippen LogP contribution in [-0.2, 0) is 5.75 Å². The van der Waals surface area contributed by atoms with Gasteiger partial charge in [-0.1, -0.05) is 0 Å². The maximum Gasteiger partial charge on any atom is 0.200 e.